The number of hydrogen-bond donors (Lipinski definition) is 1. The maximum atomic E-state index is 6.11. The molecule has 1 N–H and O–H groups in total. The van der Waals surface area contributed by atoms with Crippen molar-refractivity contribution in [2.24, 2.45) is 0 Å². The molecule has 0 atom stereocenters. The van der Waals surface area contributed by atoms with Crippen molar-refractivity contribution in [3.8, 4) is 0 Å². The van der Waals surface area contributed by atoms with E-state index in [1.165, 1.54) is 0 Å². The van der Waals surface area contributed by atoms with Crippen molar-refractivity contribution in [3.63, 3.8) is 0 Å². The Kier molecular flexibility index (Phi) is 3.82. The van der Waals surface area contributed by atoms with Crippen molar-refractivity contribution in [1.29, 1.82) is 0 Å². The van der Waals surface area contributed by atoms with Crippen LogP contribution in [0.15, 0.2) is 36.4 Å². The minimum absolute atomic E-state index is 0.508. The summed E-state index contributed by atoms with van der Waals surface area (Å²) in [5, 5.41) is 4.93. The fourth-order valence-electron chi connectivity index (χ4n) is 1.47. The summed E-state index contributed by atoms with van der Waals surface area (Å²) in [6.45, 7) is 2.00. The second-order valence-electron chi connectivity index (χ2n) is 3.69. The fraction of sp³-hybridized carbons (Fsp3) is 0.0769. The Hall–Kier alpha value is -0.890. The maximum absolute atomic E-state index is 6.11. The molecular weight excluding hydrogens is 277 g/mol. The van der Waals surface area contributed by atoms with Crippen LogP contribution in [0.2, 0.25) is 15.1 Å². The van der Waals surface area contributed by atoms with Gasteiger partial charge in [-0.25, -0.2) is 0 Å². The van der Waals surface area contributed by atoms with Crippen LogP contribution in [0, 0.1) is 6.92 Å². The van der Waals surface area contributed by atoms with E-state index in [-0.39, 0.29) is 0 Å². The lowest BCUT2D eigenvalue weighted by atomic mass is 10.2. The Morgan fingerprint density at radius 2 is 1.71 bits per heavy atom. The molecule has 2 aromatic carbocycles. The molecule has 0 saturated heterocycles. The molecule has 88 valence electrons. The van der Waals surface area contributed by atoms with E-state index >= 15 is 0 Å². The smallest absolute Gasteiger partial charge is 0.0827 e. The molecule has 4 heteroatoms. The number of hydrogen-bond acceptors (Lipinski definition) is 1. The predicted molar refractivity (Wildman–Crippen MR) is 75.9 cm³/mol. The molecule has 0 bridgehead atoms. The summed E-state index contributed by atoms with van der Waals surface area (Å²) in [4.78, 5) is 0. The van der Waals surface area contributed by atoms with Crippen LogP contribution in [0.1, 0.15) is 5.56 Å². The van der Waals surface area contributed by atoms with Gasteiger partial charge in [0.1, 0.15) is 0 Å². The van der Waals surface area contributed by atoms with Crippen molar-refractivity contribution < 1.29 is 0 Å². The summed E-state index contributed by atoms with van der Waals surface area (Å²) in [7, 11) is 0. The molecule has 2 rings (SSSR count). The average molecular weight is 287 g/mol. The maximum Gasteiger partial charge on any atom is 0.0827 e. The van der Waals surface area contributed by atoms with Gasteiger partial charge in [-0.3, -0.25) is 0 Å². The molecular formula is C13H10Cl3N. The number of benzene rings is 2. The first-order chi connectivity index (χ1) is 8.08. The summed E-state index contributed by atoms with van der Waals surface area (Å²) >= 11 is 18.0. The monoisotopic (exact) mass is 285 g/mol. The molecule has 2 aromatic rings. The third-order valence-electron chi connectivity index (χ3n) is 2.42. The van der Waals surface area contributed by atoms with Gasteiger partial charge >= 0.3 is 0 Å². The predicted octanol–water partition coefficient (Wildman–Crippen LogP) is 5.70. The zero-order chi connectivity index (χ0) is 12.4. The van der Waals surface area contributed by atoms with Crippen molar-refractivity contribution in [2.45, 2.75) is 6.92 Å². The molecule has 0 saturated carbocycles. The molecule has 0 amide bonds. The summed E-state index contributed by atoms with van der Waals surface area (Å²) in [5.41, 5.74) is 2.77. The first-order valence-electron chi connectivity index (χ1n) is 5.05. The van der Waals surface area contributed by atoms with Crippen LogP contribution in [0.3, 0.4) is 0 Å². The minimum atomic E-state index is 0.508. The van der Waals surface area contributed by atoms with Gasteiger partial charge in [0.15, 0.2) is 0 Å². The van der Waals surface area contributed by atoms with Gasteiger partial charge in [-0.2, -0.15) is 0 Å². The van der Waals surface area contributed by atoms with E-state index in [1.807, 2.05) is 37.3 Å². The van der Waals surface area contributed by atoms with Crippen LogP contribution in [-0.2, 0) is 0 Å². The van der Waals surface area contributed by atoms with E-state index in [9.17, 15) is 0 Å². The molecule has 0 unspecified atom stereocenters. The Balaban J connectivity index is 2.38. The fourth-order valence-corrected chi connectivity index (χ4v) is 1.99. The van der Waals surface area contributed by atoms with Gasteiger partial charge in [0.05, 0.1) is 15.7 Å². The third kappa shape index (κ3) is 2.86. The van der Waals surface area contributed by atoms with Crippen LogP contribution in [-0.4, -0.2) is 0 Å². The Morgan fingerprint density at radius 1 is 0.941 bits per heavy atom. The highest BCUT2D eigenvalue weighted by atomic mass is 35.5. The van der Waals surface area contributed by atoms with Crippen LogP contribution >= 0.6 is 34.8 Å². The molecule has 0 aromatic heterocycles. The normalized spacial score (nSPS) is 10.4. The third-order valence-corrected chi connectivity index (χ3v) is 3.47. The summed E-state index contributed by atoms with van der Waals surface area (Å²) < 4.78 is 0. The highest BCUT2D eigenvalue weighted by Gasteiger charge is 2.06. The molecule has 0 heterocycles. The Labute approximate surface area is 115 Å². The van der Waals surface area contributed by atoms with Crippen LogP contribution < -0.4 is 5.32 Å². The number of anilines is 2. The Morgan fingerprint density at radius 3 is 2.47 bits per heavy atom. The molecule has 0 fully saturated rings. The van der Waals surface area contributed by atoms with Gasteiger partial charge in [0.25, 0.3) is 0 Å². The summed E-state index contributed by atoms with van der Waals surface area (Å²) in [6, 6.07) is 11.1. The van der Waals surface area contributed by atoms with Crippen molar-refractivity contribution >= 4 is 46.2 Å². The SMILES string of the molecule is Cc1ccc(Cl)cc1Nc1cccc(Cl)c1Cl. The van der Waals surface area contributed by atoms with Crippen molar-refractivity contribution in [3.05, 3.63) is 57.0 Å². The second-order valence-corrected chi connectivity index (χ2v) is 4.91. The van der Waals surface area contributed by atoms with E-state index in [1.54, 1.807) is 6.07 Å². The van der Waals surface area contributed by atoms with Gasteiger partial charge < -0.3 is 5.32 Å². The average Bonchev–Trinajstić information content (AvgIpc) is 2.30. The number of nitrogens with one attached hydrogen (secondary N) is 1. The standard InChI is InChI=1S/C13H10Cl3N/c1-8-5-6-9(14)7-12(8)17-11-4-2-3-10(15)13(11)16/h2-7,17H,1H3. The zero-order valence-electron chi connectivity index (χ0n) is 9.10. The van der Waals surface area contributed by atoms with Gasteiger partial charge in [-0.05, 0) is 36.8 Å². The molecule has 0 aliphatic carbocycles. The van der Waals surface area contributed by atoms with E-state index in [0.717, 1.165) is 16.9 Å². The topological polar surface area (TPSA) is 12.0 Å². The number of aryl methyl sites for hydroxylation is 1. The molecule has 0 spiro atoms. The molecule has 17 heavy (non-hydrogen) atoms. The second kappa shape index (κ2) is 5.18. The van der Waals surface area contributed by atoms with Crippen LogP contribution in [0.4, 0.5) is 11.4 Å². The van der Waals surface area contributed by atoms with Gasteiger partial charge in [-0.15, -0.1) is 0 Å². The van der Waals surface area contributed by atoms with Crippen LogP contribution in [0.5, 0.6) is 0 Å². The Bertz CT molecular complexity index is 552. The van der Waals surface area contributed by atoms with E-state index in [0.29, 0.717) is 15.1 Å². The van der Waals surface area contributed by atoms with Gasteiger partial charge in [-0.1, -0.05) is 46.9 Å². The molecule has 0 aliphatic rings. The number of rotatable bonds is 2. The quantitative estimate of drug-likeness (QED) is 0.747. The van der Waals surface area contributed by atoms with Crippen molar-refractivity contribution in [2.75, 3.05) is 5.32 Å². The highest BCUT2D eigenvalue weighted by Crippen LogP contribution is 2.33. The van der Waals surface area contributed by atoms with E-state index in [2.05, 4.69) is 5.32 Å². The summed E-state index contributed by atoms with van der Waals surface area (Å²) in [6.07, 6.45) is 0. The van der Waals surface area contributed by atoms with Crippen molar-refractivity contribution in [1.82, 2.24) is 0 Å². The first kappa shape index (κ1) is 12.6. The number of halogens is 3. The lowest BCUT2D eigenvalue weighted by Gasteiger charge is -2.12. The van der Waals surface area contributed by atoms with Gasteiger partial charge in [0.2, 0.25) is 0 Å². The highest BCUT2D eigenvalue weighted by molar-refractivity contribution is 6.43. The van der Waals surface area contributed by atoms with E-state index in [4.69, 9.17) is 34.8 Å². The van der Waals surface area contributed by atoms with Gasteiger partial charge in [0, 0.05) is 10.7 Å². The lowest BCUT2D eigenvalue weighted by molar-refractivity contribution is 1.43. The lowest BCUT2D eigenvalue weighted by Crippen LogP contribution is -1.94. The molecule has 1 nitrogen and oxygen atoms in total. The largest absolute Gasteiger partial charge is 0.354 e. The van der Waals surface area contributed by atoms with Crippen LogP contribution in [0.25, 0.3) is 0 Å². The zero-order valence-corrected chi connectivity index (χ0v) is 11.4. The molecule has 0 radical (unpaired) electrons. The summed E-state index contributed by atoms with van der Waals surface area (Å²) in [5.74, 6) is 0. The van der Waals surface area contributed by atoms with E-state index < -0.39 is 0 Å². The minimum Gasteiger partial charge on any atom is -0.354 e. The first-order valence-corrected chi connectivity index (χ1v) is 6.18. The molecule has 0 aliphatic heterocycles.